The van der Waals surface area contributed by atoms with E-state index in [9.17, 15) is 13.2 Å². The monoisotopic (exact) mass is 485 g/mol. The van der Waals surface area contributed by atoms with E-state index >= 15 is 0 Å². The molecule has 0 N–H and O–H groups in total. The molecule has 0 saturated carbocycles. The van der Waals surface area contributed by atoms with Crippen LogP contribution in [0.3, 0.4) is 0 Å². The summed E-state index contributed by atoms with van der Waals surface area (Å²) >= 11 is 9.54. The zero-order chi connectivity index (χ0) is 20.5. The molecule has 9 heteroatoms. The Kier molecular flexibility index (Phi) is 6.34. The Labute approximate surface area is 178 Å². The Morgan fingerprint density at radius 2 is 1.71 bits per heavy atom. The van der Waals surface area contributed by atoms with Crippen LogP contribution in [0.5, 0.6) is 0 Å². The number of sulfonamides is 1. The molecule has 0 aliphatic carbocycles. The van der Waals surface area contributed by atoms with Crippen LogP contribution in [0.2, 0.25) is 5.02 Å². The van der Waals surface area contributed by atoms with Crippen LogP contribution in [-0.2, 0) is 10.0 Å². The second-order valence-electron chi connectivity index (χ2n) is 6.66. The number of benzene rings is 2. The van der Waals surface area contributed by atoms with E-state index in [1.165, 1.54) is 20.2 Å². The molecule has 28 heavy (non-hydrogen) atoms. The molecule has 1 amide bonds. The minimum absolute atomic E-state index is 0.0815. The van der Waals surface area contributed by atoms with Gasteiger partial charge in [-0.1, -0.05) is 23.7 Å². The van der Waals surface area contributed by atoms with Crippen LogP contribution in [0, 0.1) is 0 Å². The van der Waals surface area contributed by atoms with Crippen molar-refractivity contribution in [2.75, 3.05) is 45.2 Å². The summed E-state index contributed by atoms with van der Waals surface area (Å²) in [6, 6.07) is 12.3. The van der Waals surface area contributed by atoms with Crippen LogP contribution < -0.4 is 4.90 Å². The number of rotatable bonds is 4. The van der Waals surface area contributed by atoms with Gasteiger partial charge in [0, 0.05) is 50.3 Å². The summed E-state index contributed by atoms with van der Waals surface area (Å²) in [5.41, 5.74) is 1.31. The first-order valence-electron chi connectivity index (χ1n) is 8.72. The van der Waals surface area contributed by atoms with Gasteiger partial charge in [0.05, 0.1) is 15.6 Å². The predicted molar refractivity (Wildman–Crippen MR) is 115 cm³/mol. The highest BCUT2D eigenvalue weighted by Crippen LogP contribution is 2.28. The average Bonchev–Trinajstić information content (AvgIpc) is 2.68. The molecule has 1 aliphatic rings. The highest BCUT2D eigenvalue weighted by atomic mass is 79.9. The van der Waals surface area contributed by atoms with Gasteiger partial charge in [0.2, 0.25) is 10.0 Å². The number of amides is 1. The highest BCUT2D eigenvalue weighted by molar-refractivity contribution is 9.10. The van der Waals surface area contributed by atoms with Crippen molar-refractivity contribution in [3.05, 3.63) is 57.5 Å². The number of carbonyl (C=O) groups excluding carboxylic acids is 1. The van der Waals surface area contributed by atoms with Crippen LogP contribution in [0.25, 0.3) is 0 Å². The second-order valence-corrected chi connectivity index (χ2v) is 10.0. The van der Waals surface area contributed by atoms with Crippen molar-refractivity contribution in [3.63, 3.8) is 0 Å². The van der Waals surface area contributed by atoms with Crippen molar-refractivity contribution in [2.45, 2.75) is 4.90 Å². The lowest BCUT2D eigenvalue weighted by atomic mass is 10.1. The van der Waals surface area contributed by atoms with E-state index in [0.717, 1.165) is 9.99 Å². The molecule has 0 spiro atoms. The van der Waals surface area contributed by atoms with Gasteiger partial charge in [0.25, 0.3) is 5.91 Å². The minimum atomic E-state index is -3.65. The Bertz CT molecular complexity index is 990. The predicted octanol–water partition coefficient (Wildman–Crippen LogP) is 3.32. The molecule has 0 aromatic heterocycles. The number of nitrogens with zero attached hydrogens (tertiary/aromatic N) is 3. The molecule has 2 aromatic rings. The van der Waals surface area contributed by atoms with E-state index in [1.807, 2.05) is 24.3 Å². The quantitative estimate of drug-likeness (QED) is 0.665. The summed E-state index contributed by atoms with van der Waals surface area (Å²) in [6.45, 7) is 2.40. The van der Waals surface area contributed by atoms with E-state index in [1.54, 1.807) is 17.0 Å². The Hall–Kier alpha value is -1.61. The topological polar surface area (TPSA) is 60.9 Å². The first kappa shape index (κ1) is 21.1. The van der Waals surface area contributed by atoms with E-state index < -0.39 is 10.0 Å². The molecule has 0 bridgehead atoms. The molecule has 1 fully saturated rings. The molecule has 6 nitrogen and oxygen atoms in total. The molecule has 2 aromatic carbocycles. The second kappa shape index (κ2) is 8.41. The fourth-order valence-corrected chi connectivity index (χ4v) is 5.17. The van der Waals surface area contributed by atoms with Gasteiger partial charge in [-0.15, -0.1) is 0 Å². The fourth-order valence-electron chi connectivity index (χ4n) is 3.07. The summed E-state index contributed by atoms with van der Waals surface area (Å²) < 4.78 is 26.5. The van der Waals surface area contributed by atoms with E-state index in [4.69, 9.17) is 11.6 Å². The van der Waals surface area contributed by atoms with Gasteiger partial charge in [0.1, 0.15) is 0 Å². The maximum atomic E-state index is 12.9. The highest BCUT2D eigenvalue weighted by Gasteiger charge is 2.26. The summed E-state index contributed by atoms with van der Waals surface area (Å²) in [5, 5.41) is 0.689. The molecule has 0 atom stereocenters. The smallest absolute Gasteiger partial charge is 0.254 e. The van der Waals surface area contributed by atoms with E-state index in [2.05, 4.69) is 20.8 Å². The van der Waals surface area contributed by atoms with Gasteiger partial charge in [-0.05, 0) is 46.3 Å². The maximum absolute atomic E-state index is 12.9. The number of halogens is 2. The Morgan fingerprint density at radius 3 is 2.32 bits per heavy atom. The first-order chi connectivity index (χ1) is 13.2. The van der Waals surface area contributed by atoms with Crippen LogP contribution in [0.4, 0.5) is 5.69 Å². The van der Waals surface area contributed by atoms with Crippen LogP contribution in [0.15, 0.2) is 51.8 Å². The third-order valence-electron chi connectivity index (χ3n) is 4.70. The fraction of sp³-hybridized carbons (Fsp3) is 0.316. The lowest BCUT2D eigenvalue weighted by Gasteiger charge is -2.36. The molecule has 0 unspecified atom stereocenters. The third-order valence-corrected chi connectivity index (χ3v) is 7.83. The molecule has 0 radical (unpaired) electrons. The largest absolute Gasteiger partial charge is 0.367 e. The molecular weight excluding hydrogens is 466 g/mol. The maximum Gasteiger partial charge on any atom is 0.254 e. The number of piperazine rings is 1. The molecule has 1 heterocycles. The minimum Gasteiger partial charge on any atom is -0.367 e. The zero-order valence-electron chi connectivity index (χ0n) is 15.6. The van der Waals surface area contributed by atoms with Crippen molar-refractivity contribution in [2.24, 2.45) is 0 Å². The molecule has 150 valence electrons. The molecule has 1 saturated heterocycles. The number of anilines is 1. The lowest BCUT2D eigenvalue weighted by Crippen LogP contribution is -2.48. The summed E-state index contributed by atoms with van der Waals surface area (Å²) in [5.74, 6) is -0.179. The number of carbonyl (C=O) groups is 1. The first-order valence-corrected chi connectivity index (χ1v) is 11.3. The van der Waals surface area contributed by atoms with Gasteiger partial charge in [-0.25, -0.2) is 12.7 Å². The summed E-state index contributed by atoms with van der Waals surface area (Å²) in [6.07, 6.45) is 0. The summed E-state index contributed by atoms with van der Waals surface area (Å²) in [4.78, 5) is 16.9. The standard InChI is InChI=1S/C19H21BrClN3O3S/c1-22(2)28(26,27)18-13-14(7-8-15(18)20)19(25)24-11-9-23(10-12-24)17-6-4-3-5-16(17)21/h3-8,13H,9-12H2,1-2H3. The van der Waals surface area contributed by atoms with Crippen molar-refractivity contribution in [3.8, 4) is 0 Å². The van der Waals surface area contributed by atoms with E-state index in [0.29, 0.717) is 41.2 Å². The van der Waals surface area contributed by atoms with Crippen LogP contribution in [-0.4, -0.2) is 63.8 Å². The normalized spacial score (nSPS) is 15.2. The molecule has 3 rings (SSSR count). The van der Waals surface area contributed by atoms with Crippen molar-refractivity contribution in [1.29, 1.82) is 0 Å². The van der Waals surface area contributed by atoms with Gasteiger partial charge in [-0.3, -0.25) is 4.79 Å². The third kappa shape index (κ3) is 4.20. The van der Waals surface area contributed by atoms with Gasteiger partial charge >= 0.3 is 0 Å². The van der Waals surface area contributed by atoms with Crippen molar-refractivity contribution < 1.29 is 13.2 Å². The van der Waals surface area contributed by atoms with Crippen LogP contribution >= 0.6 is 27.5 Å². The molecular formula is C19H21BrClN3O3S. The van der Waals surface area contributed by atoms with Gasteiger partial charge < -0.3 is 9.80 Å². The van der Waals surface area contributed by atoms with Gasteiger partial charge in [-0.2, -0.15) is 0 Å². The van der Waals surface area contributed by atoms with E-state index in [-0.39, 0.29) is 10.8 Å². The summed E-state index contributed by atoms with van der Waals surface area (Å²) in [7, 11) is -0.726. The SMILES string of the molecule is CN(C)S(=O)(=O)c1cc(C(=O)N2CCN(c3ccccc3Cl)CC2)ccc1Br. The van der Waals surface area contributed by atoms with Crippen molar-refractivity contribution in [1.82, 2.24) is 9.21 Å². The molecule has 1 aliphatic heterocycles. The number of hydrogen-bond acceptors (Lipinski definition) is 4. The van der Waals surface area contributed by atoms with Gasteiger partial charge in [0.15, 0.2) is 0 Å². The van der Waals surface area contributed by atoms with Crippen LogP contribution in [0.1, 0.15) is 10.4 Å². The Balaban J connectivity index is 1.77. The van der Waals surface area contributed by atoms with Crippen molar-refractivity contribution >= 4 is 49.1 Å². The Morgan fingerprint density at radius 1 is 1.07 bits per heavy atom. The average molecular weight is 487 g/mol. The number of para-hydroxylation sites is 1. The number of hydrogen-bond donors (Lipinski definition) is 0. The lowest BCUT2D eigenvalue weighted by molar-refractivity contribution is 0.0746. The zero-order valence-corrected chi connectivity index (χ0v) is 18.8.